The third-order valence-electron chi connectivity index (χ3n) is 2.57. The fourth-order valence-corrected chi connectivity index (χ4v) is 2.60. The number of carbonyl (C=O) groups is 1. The maximum absolute atomic E-state index is 11.8. The summed E-state index contributed by atoms with van der Waals surface area (Å²) >= 11 is 13.1. The van der Waals surface area contributed by atoms with Gasteiger partial charge in [0.05, 0.1) is 4.34 Å². The summed E-state index contributed by atoms with van der Waals surface area (Å²) in [5.74, 6) is -0.219. The monoisotopic (exact) mass is 309 g/mol. The number of alkyl halides is 1. The minimum atomic E-state index is -0.357. The van der Waals surface area contributed by atoms with Crippen LogP contribution in [0.1, 0.15) is 19.4 Å². The van der Waals surface area contributed by atoms with Crippen molar-refractivity contribution in [3.63, 3.8) is 0 Å². The summed E-state index contributed by atoms with van der Waals surface area (Å²) in [5.41, 5.74) is 0.554. The highest BCUT2D eigenvalue weighted by Crippen LogP contribution is 2.25. The van der Waals surface area contributed by atoms with Crippen molar-refractivity contribution in [2.75, 3.05) is 19.0 Å². The normalized spacial score (nSPS) is 11.6. The van der Waals surface area contributed by atoms with Crippen LogP contribution in [-0.2, 0) is 11.3 Å². The van der Waals surface area contributed by atoms with Gasteiger partial charge in [0.25, 0.3) is 0 Å². The molecule has 1 heterocycles. The Kier molecular flexibility index (Phi) is 5.92. The molecule has 0 radical (unpaired) electrons. The summed E-state index contributed by atoms with van der Waals surface area (Å²) in [6.45, 7) is 4.68. The zero-order chi connectivity index (χ0) is 13.8. The van der Waals surface area contributed by atoms with Crippen LogP contribution in [0, 0.1) is 5.41 Å². The largest absolute Gasteiger partial charge is 0.396 e. The van der Waals surface area contributed by atoms with Gasteiger partial charge in [-0.3, -0.25) is 4.79 Å². The van der Waals surface area contributed by atoms with E-state index in [0.717, 1.165) is 5.56 Å². The molecule has 0 aromatic carbocycles. The molecule has 0 aliphatic carbocycles. The Bertz CT molecular complexity index is 407. The molecule has 1 rings (SSSR count). The molecule has 1 N–H and O–H groups in total. The molecule has 0 aliphatic rings. The summed E-state index contributed by atoms with van der Waals surface area (Å²) < 4.78 is 0.684. The van der Waals surface area contributed by atoms with Crippen LogP contribution < -0.4 is 0 Å². The lowest BCUT2D eigenvalue weighted by atomic mass is 9.94. The van der Waals surface area contributed by atoms with E-state index in [0.29, 0.717) is 17.4 Å². The van der Waals surface area contributed by atoms with E-state index in [4.69, 9.17) is 23.2 Å². The van der Waals surface area contributed by atoms with Gasteiger partial charge < -0.3 is 10.0 Å². The molecule has 0 bridgehead atoms. The highest BCUT2D eigenvalue weighted by atomic mass is 35.5. The molecule has 102 valence electrons. The molecule has 6 heteroatoms. The van der Waals surface area contributed by atoms with E-state index in [1.165, 1.54) is 11.3 Å². The third kappa shape index (κ3) is 4.43. The van der Waals surface area contributed by atoms with E-state index in [-0.39, 0.29) is 23.8 Å². The van der Waals surface area contributed by atoms with Crippen LogP contribution >= 0.6 is 34.5 Å². The van der Waals surface area contributed by atoms with Crippen molar-refractivity contribution in [2.24, 2.45) is 5.41 Å². The molecular formula is C12H17Cl2NO2S. The van der Waals surface area contributed by atoms with Crippen LogP contribution in [-0.4, -0.2) is 34.9 Å². The molecule has 1 aromatic rings. The lowest BCUT2D eigenvalue weighted by Crippen LogP contribution is -2.40. The van der Waals surface area contributed by atoms with Crippen LogP contribution in [0.3, 0.4) is 0 Å². The molecule has 0 fully saturated rings. The molecule has 3 nitrogen and oxygen atoms in total. The molecule has 1 aromatic heterocycles. The van der Waals surface area contributed by atoms with E-state index in [1.54, 1.807) is 4.90 Å². The average molecular weight is 310 g/mol. The summed E-state index contributed by atoms with van der Waals surface area (Å²) in [6, 6.07) is 1.90. The highest BCUT2D eigenvalue weighted by molar-refractivity contribution is 7.14. The Hall–Kier alpha value is -0.290. The maximum Gasteiger partial charge on any atom is 0.237 e. The molecule has 0 spiro atoms. The smallest absolute Gasteiger partial charge is 0.237 e. The first-order valence-corrected chi connectivity index (χ1v) is 7.35. The standard InChI is InChI=1S/C12H17Cl2NO2S/c1-12(2,8-16)7-15(10(17)5-13)6-9-3-4-18-11(9)14/h3-4,16H,5-8H2,1-2H3. The number of amides is 1. The van der Waals surface area contributed by atoms with Gasteiger partial charge in [-0.05, 0) is 11.4 Å². The summed E-state index contributed by atoms with van der Waals surface area (Å²) in [4.78, 5) is 13.5. The van der Waals surface area contributed by atoms with Crippen molar-refractivity contribution in [1.29, 1.82) is 0 Å². The van der Waals surface area contributed by atoms with Gasteiger partial charge in [-0.25, -0.2) is 0 Å². The third-order valence-corrected chi connectivity index (χ3v) is 4.05. The predicted molar refractivity (Wildman–Crippen MR) is 76.3 cm³/mol. The van der Waals surface area contributed by atoms with Gasteiger partial charge in [0.1, 0.15) is 5.88 Å². The van der Waals surface area contributed by atoms with Crippen LogP contribution in [0.15, 0.2) is 11.4 Å². The predicted octanol–water partition coefficient (Wildman–Crippen LogP) is 2.99. The Balaban J connectivity index is 2.80. The zero-order valence-corrected chi connectivity index (χ0v) is 12.8. The number of aliphatic hydroxyl groups excluding tert-OH is 1. The number of rotatable bonds is 6. The Morgan fingerprint density at radius 1 is 1.56 bits per heavy atom. The first-order chi connectivity index (χ1) is 8.39. The second kappa shape index (κ2) is 6.75. The average Bonchev–Trinajstić information content (AvgIpc) is 2.73. The van der Waals surface area contributed by atoms with Gasteiger partial charge in [0.2, 0.25) is 5.91 Å². The molecular weight excluding hydrogens is 293 g/mol. The van der Waals surface area contributed by atoms with E-state index in [9.17, 15) is 9.90 Å². The van der Waals surface area contributed by atoms with Crippen molar-refractivity contribution in [3.05, 3.63) is 21.3 Å². The van der Waals surface area contributed by atoms with Crippen molar-refractivity contribution in [2.45, 2.75) is 20.4 Å². The summed E-state index contributed by atoms with van der Waals surface area (Å²) in [6.07, 6.45) is 0. The fraction of sp³-hybridized carbons (Fsp3) is 0.583. The molecule has 0 saturated carbocycles. The van der Waals surface area contributed by atoms with Gasteiger partial charge in [0.15, 0.2) is 0 Å². The Labute approximate surface area is 121 Å². The molecule has 0 saturated heterocycles. The fourth-order valence-electron chi connectivity index (χ4n) is 1.52. The maximum atomic E-state index is 11.8. The van der Waals surface area contributed by atoms with Crippen molar-refractivity contribution >= 4 is 40.4 Å². The number of nitrogens with zero attached hydrogens (tertiary/aromatic N) is 1. The summed E-state index contributed by atoms with van der Waals surface area (Å²) in [5, 5.41) is 11.2. The quantitative estimate of drug-likeness (QED) is 0.821. The first kappa shape index (κ1) is 15.8. The van der Waals surface area contributed by atoms with Crippen molar-refractivity contribution < 1.29 is 9.90 Å². The summed E-state index contributed by atoms with van der Waals surface area (Å²) in [7, 11) is 0. The van der Waals surface area contributed by atoms with E-state index < -0.39 is 0 Å². The van der Waals surface area contributed by atoms with Gasteiger partial charge >= 0.3 is 0 Å². The van der Waals surface area contributed by atoms with E-state index in [2.05, 4.69) is 0 Å². The SMILES string of the molecule is CC(C)(CO)CN(Cc1ccsc1Cl)C(=O)CCl. The molecule has 18 heavy (non-hydrogen) atoms. The van der Waals surface area contributed by atoms with Crippen molar-refractivity contribution in [3.8, 4) is 0 Å². The van der Waals surface area contributed by atoms with Gasteiger partial charge in [-0.15, -0.1) is 22.9 Å². The molecule has 0 atom stereocenters. The minimum absolute atomic E-state index is 0.0104. The second-order valence-corrected chi connectivity index (χ2v) is 6.71. The van der Waals surface area contributed by atoms with E-state index in [1.807, 2.05) is 25.3 Å². The van der Waals surface area contributed by atoms with Gasteiger partial charge in [-0.1, -0.05) is 25.4 Å². The van der Waals surface area contributed by atoms with Crippen LogP contribution in [0.25, 0.3) is 0 Å². The first-order valence-electron chi connectivity index (χ1n) is 5.56. The number of hydrogen-bond acceptors (Lipinski definition) is 3. The molecule has 1 amide bonds. The Morgan fingerprint density at radius 3 is 2.67 bits per heavy atom. The lowest BCUT2D eigenvalue weighted by Gasteiger charge is -2.31. The molecule has 0 unspecified atom stereocenters. The second-order valence-electron chi connectivity index (χ2n) is 4.93. The van der Waals surface area contributed by atoms with Crippen LogP contribution in [0.4, 0.5) is 0 Å². The lowest BCUT2D eigenvalue weighted by molar-refractivity contribution is -0.130. The zero-order valence-electron chi connectivity index (χ0n) is 10.4. The van der Waals surface area contributed by atoms with Gasteiger partial charge in [-0.2, -0.15) is 0 Å². The minimum Gasteiger partial charge on any atom is -0.396 e. The highest BCUT2D eigenvalue weighted by Gasteiger charge is 2.24. The number of thiophene rings is 1. The number of aliphatic hydroxyl groups is 1. The number of halogens is 2. The number of carbonyl (C=O) groups excluding carboxylic acids is 1. The number of hydrogen-bond donors (Lipinski definition) is 1. The topological polar surface area (TPSA) is 40.5 Å². The van der Waals surface area contributed by atoms with E-state index >= 15 is 0 Å². The van der Waals surface area contributed by atoms with Gasteiger partial charge in [0, 0.05) is 30.7 Å². The van der Waals surface area contributed by atoms with Crippen molar-refractivity contribution in [1.82, 2.24) is 4.90 Å². The Morgan fingerprint density at radius 2 is 2.22 bits per heavy atom. The van der Waals surface area contributed by atoms with Crippen LogP contribution in [0.5, 0.6) is 0 Å². The molecule has 0 aliphatic heterocycles. The van der Waals surface area contributed by atoms with Crippen LogP contribution in [0.2, 0.25) is 4.34 Å².